The summed E-state index contributed by atoms with van der Waals surface area (Å²) in [4.78, 5) is 13.9. The highest BCUT2D eigenvalue weighted by molar-refractivity contribution is 7.98. The Morgan fingerprint density at radius 1 is 0.946 bits per heavy atom. The Balaban J connectivity index is 1.72. The van der Waals surface area contributed by atoms with Crippen molar-refractivity contribution in [1.29, 1.82) is 0 Å². The van der Waals surface area contributed by atoms with E-state index in [0.717, 1.165) is 27.8 Å². The third kappa shape index (κ3) is 7.90. The lowest BCUT2D eigenvalue weighted by Gasteiger charge is -2.26. The number of ether oxygens (including phenoxy) is 2. The van der Waals surface area contributed by atoms with Crippen LogP contribution in [0.1, 0.15) is 25.8 Å². The zero-order valence-electron chi connectivity index (χ0n) is 21.5. The van der Waals surface area contributed by atoms with Gasteiger partial charge in [-0.2, -0.15) is 0 Å². The van der Waals surface area contributed by atoms with Crippen molar-refractivity contribution in [3.8, 4) is 11.5 Å². The number of rotatable bonds is 14. The maximum atomic E-state index is 13.7. The molecule has 7 nitrogen and oxygen atoms in total. The molecule has 0 heterocycles. The van der Waals surface area contributed by atoms with Crippen LogP contribution in [0.5, 0.6) is 11.5 Å². The predicted molar refractivity (Wildman–Crippen MR) is 149 cm³/mol. The number of aryl methyl sites for hydroxylation is 1. The van der Waals surface area contributed by atoms with Gasteiger partial charge < -0.3 is 14.8 Å². The number of benzene rings is 3. The van der Waals surface area contributed by atoms with Gasteiger partial charge in [0.2, 0.25) is 5.91 Å². The topological polar surface area (TPSA) is 84.9 Å². The first kappa shape index (κ1) is 28.4. The van der Waals surface area contributed by atoms with Gasteiger partial charge in [0.25, 0.3) is 10.0 Å². The Hall–Kier alpha value is -3.17. The van der Waals surface area contributed by atoms with Gasteiger partial charge >= 0.3 is 0 Å². The lowest BCUT2D eigenvalue weighted by Crippen LogP contribution is -2.42. The van der Waals surface area contributed by atoms with Crippen LogP contribution in [-0.2, 0) is 21.2 Å². The summed E-state index contributed by atoms with van der Waals surface area (Å²) in [5.74, 6) is 0.659. The van der Waals surface area contributed by atoms with Crippen molar-refractivity contribution in [3.63, 3.8) is 0 Å². The van der Waals surface area contributed by atoms with Crippen molar-refractivity contribution >= 4 is 33.4 Å². The molecule has 0 unspecified atom stereocenters. The van der Waals surface area contributed by atoms with Gasteiger partial charge in [-0.1, -0.05) is 37.6 Å². The third-order valence-corrected chi connectivity index (χ3v) is 8.04. The first-order valence-electron chi connectivity index (χ1n) is 12.3. The van der Waals surface area contributed by atoms with Crippen molar-refractivity contribution < 1.29 is 22.7 Å². The summed E-state index contributed by atoms with van der Waals surface area (Å²) in [5, 5.41) is 2.76. The number of hydrogen-bond acceptors (Lipinski definition) is 6. The molecule has 0 aliphatic rings. The summed E-state index contributed by atoms with van der Waals surface area (Å²) in [6.45, 7) is 4.41. The molecule has 3 rings (SSSR count). The molecular formula is C28H34N2O5S2. The summed E-state index contributed by atoms with van der Waals surface area (Å²) in [6.07, 6.45) is 4.02. The maximum absolute atomic E-state index is 13.7. The van der Waals surface area contributed by atoms with E-state index in [2.05, 4.69) is 12.2 Å². The average Bonchev–Trinajstić information content (AvgIpc) is 2.91. The predicted octanol–water partition coefficient (Wildman–Crippen LogP) is 5.15. The number of nitrogens with zero attached hydrogens (tertiary/aromatic N) is 1. The molecule has 0 saturated carbocycles. The van der Waals surface area contributed by atoms with Gasteiger partial charge in [-0.25, -0.2) is 8.42 Å². The van der Waals surface area contributed by atoms with E-state index in [1.165, 1.54) is 17.3 Å². The Morgan fingerprint density at radius 3 is 2.30 bits per heavy atom. The molecule has 0 aliphatic carbocycles. The lowest BCUT2D eigenvalue weighted by atomic mass is 10.1. The second-order valence-corrected chi connectivity index (χ2v) is 10.9. The number of thioether (sulfide) groups is 1. The molecule has 0 radical (unpaired) electrons. The van der Waals surface area contributed by atoms with E-state index in [-0.39, 0.29) is 18.0 Å². The fraction of sp³-hybridized carbons (Fsp3) is 0.321. The van der Waals surface area contributed by atoms with Crippen molar-refractivity contribution in [1.82, 2.24) is 5.32 Å². The van der Waals surface area contributed by atoms with Crippen LogP contribution in [0.25, 0.3) is 0 Å². The van der Waals surface area contributed by atoms with Crippen molar-refractivity contribution in [2.24, 2.45) is 0 Å². The number of para-hydroxylation sites is 2. The Kier molecular flexibility index (Phi) is 10.7. The first-order valence-corrected chi connectivity index (χ1v) is 14.9. The SMILES string of the molecule is CCCc1ccc(OCCNC(=O)CN(c2ccccc2OCC)S(=O)(=O)c2ccc(SC)cc2)cc1. The van der Waals surface area contributed by atoms with E-state index in [1.54, 1.807) is 48.5 Å². The van der Waals surface area contributed by atoms with Gasteiger partial charge in [0.05, 0.1) is 23.7 Å². The minimum absolute atomic E-state index is 0.0965. The van der Waals surface area contributed by atoms with Gasteiger partial charge in [-0.05, 0) is 73.7 Å². The number of carbonyl (C=O) groups is 1. The average molecular weight is 543 g/mol. The quantitative estimate of drug-likeness (QED) is 0.224. The molecule has 3 aromatic carbocycles. The van der Waals surface area contributed by atoms with Crippen LogP contribution in [-0.4, -0.2) is 46.9 Å². The first-order chi connectivity index (χ1) is 17.9. The van der Waals surface area contributed by atoms with E-state index in [9.17, 15) is 13.2 Å². The zero-order valence-corrected chi connectivity index (χ0v) is 23.1. The fourth-order valence-corrected chi connectivity index (χ4v) is 5.54. The van der Waals surface area contributed by atoms with Crippen LogP contribution in [0, 0.1) is 0 Å². The zero-order chi connectivity index (χ0) is 26.7. The molecule has 0 aliphatic heterocycles. The van der Waals surface area contributed by atoms with Gasteiger partial charge in [-0.15, -0.1) is 11.8 Å². The number of sulfonamides is 1. The van der Waals surface area contributed by atoms with Gasteiger partial charge in [0.1, 0.15) is 24.7 Å². The van der Waals surface area contributed by atoms with Crippen LogP contribution < -0.4 is 19.1 Å². The molecule has 3 aromatic rings. The number of nitrogens with one attached hydrogen (secondary N) is 1. The highest BCUT2D eigenvalue weighted by Gasteiger charge is 2.29. The fourth-order valence-electron chi connectivity index (χ4n) is 3.70. The van der Waals surface area contributed by atoms with Crippen LogP contribution in [0.4, 0.5) is 5.69 Å². The van der Waals surface area contributed by atoms with Crippen molar-refractivity contribution in [2.45, 2.75) is 36.5 Å². The standard InChI is InChI=1S/C28H34N2O5S2/c1-4-8-22-11-13-23(14-12-22)35-20-19-29-28(31)21-30(26-9-6-7-10-27(26)34-5-2)37(32,33)25-17-15-24(36-3)16-18-25/h6-7,9-18H,4-5,8,19-21H2,1-3H3,(H,29,31). The number of amides is 1. The van der Waals surface area contributed by atoms with Gasteiger partial charge in [-0.3, -0.25) is 9.10 Å². The van der Waals surface area contributed by atoms with Gasteiger partial charge in [0, 0.05) is 4.90 Å². The normalized spacial score (nSPS) is 11.1. The van der Waals surface area contributed by atoms with E-state index in [0.29, 0.717) is 18.0 Å². The van der Waals surface area contributed by atoms with Crippen LogP contribution in [0.2, 0.25) is 0 Å². The largest absolute Gasteiger partial charge is 0.492 e. The molecule has 198 valence electrons. The highest BCUT2D eigenvalue weighted by Crippen LogP contribution is 2.32. The van der Waals surface area contributed by atoms with Gasteiger partial charge in [0.15, 0.2) is 0 Å². The number of anilines is 1. The summed E-state index contributed by atoms with van der Waals surface area (Å²) in [7, 11) is -4.05. The van der Waals surface area contributed by atoms with Crippen LogP contribution >= 0.6 is 11.8 Å². The maximum Gasteiger partial charge on any atom is 0.264 e. The molecular weight excluding hydrogens is 508 g/mol. The smallest absolute Gasteiger partial charge is 0.264 e. The molecule has 9 heteroatoms. The summed E-state index contributed by atoms with van der Waals surface area (Å²) >= 11 is 1.52. The molecule has 1 amide bonds. The molecule has 0 bridgehead atoms. The third-order valence-electron chi connectivity index (χ3n) is 5.52. The van der Waals surface area contributed by atoms with Crippen molar-refractivity contribution in [2.75, 3.05) is 36.9 Å². The molecule has 0 spiro atoms. The van der Waals surface area contributed by atoms with Crippen molar-refractivity contribution in [3.05, 3.63) is 78.4 Å². The Morgan fingerprint density at radius 2 is 1.65 bits per heavy atom. The minimum atomic E-state index is -4.05. The highest BCUT2D eigenvalue weighted by atomic mass is 32.2. The van der Waals surface area contributed by atoms with E-state index in [1.807, 2.05) is 37.4 Å². The lowest BCUT2D eigenvalue weighted by molar-refractivity contribution is -0.119. The Bertz CT molecular complexity index is 1250. The number of carbonyl (C=O) groups excluding carboxylic acids is 1. The molecule has 0 fully saturated rings. The number of hydrogen-bond donors (Lipinski definition) is 1. The van der Waals surface area contributed by atoms with E-state index >= 15 is 0 Å². The summed E-state index contributed by atoms with van der Waals surface area (Å²) in [5.41, 5.74) is 1.55. The molecule has 0 atom stereocenters. The van der Waals surface area contributed by atoms with E-state index in [4.69, 9.17) is 9.47 Å². The summed E-state index contributed by atoms with van der Waals surface area (Å²) in [6, 6.07) is 21.3. The molecule has 1 N–H and O–H groups in total. The second-order valence-electron chi connectivity index (χ2n) is 8.18. The van der Waals surface area contributed by atoms with Crippen LogP contribution in [0.15, 0.2) is 82.6 Å². The molecule has 0 saturated heterocycles. The second kappa shape index (κ2) is 13.9. The molecule has 37 heavy (non-hydrogen) atoms. The van der Waals surface area contributed by atoms with E-state index < -0.39 is 22.5 Å². The summed E-state index contributed by atoms with van der Waals surface area (Å²) < 4.78 is 39.8. The minimum Gasteiger partial charge on any atom is -0.492 e. The Labute approximate surface area is 224 Å². The molecule has 0 aromatic heterocycles. The van der Waals surface area contributed by atoms with Crippen LogP contribution in [0.3, 0.4) is 0 Å². The monoisotopic (exact) mass is 542 g/mol.